The van der Waals surface area contributed by atoms with Crippen molar-refractivity contribution in [2.75, 3.05) is 19.7 Å². The number of hydrogen-bond donors (Lipinski definition) is 1. The van der Waals surface area contributed by atoms with E-state index < -0.39 is 11.8 Å². The van der Waals surface area contributed by atoms with Crippen LogP contribution in [-0.2, 0) is 9.53 Å². The van der Waals surface area contributed by atoms with Crippen LogP contribution >= 0.6 is 11.3 Å². The number of rotatable bonds is 5. The first-order valence-electron chi connectivity index (χ1n) is 12.6. The Bertz CT molecular complexity index is 1270. The van der Waals surface area contributed by atoms with E-state index in [0.29, 0.717) is 36.4 Å². The van der Waals surface area contributed by atoms with E-state index in [4.69, 9.17) is 4.74 Å². The number of nitrogens with one attached hydrogen (secondary N) is 1. The minimum Gasteiger partial charge on any atom is -0.353 e. The smallest absolute Gasteiger partial charge is 0.263 e. The third-order valence-electron chi connectivity index (χ3n) is 7.38. The maximum atomic E-state index is 14.0. The Labute approximate surface area is 221 Å². The number of ether oxygens (including phenoxy) is 1. The lowest BCUT2D eigenvalue weighted by Gasteiger charge is -2.44. The van der Waals surface area contributed by atoms with Gasteiger partial charge < -0.3 is 15.0 Å². The lowest BCUT2D eigenvalue weighted by atomic mass is 9.95. The number of nitrogens with zero attached hydrogens (tertiary/aromatic N) is 2. The molecule has 2 aromatic carbocycles. The first kappa shape index (κ1) is 25.2. The first-order valence-corrected chi connectivity index (χ1v) is 13.5. The van der Waals surface area contributed by atoms with Gasteiger partial charge in [-0.05, 0) is 42.5 Å². The minimum absolute atomic E-state index is 0.00870. The molecule has 0 aliphatic carbocycles. The molecule has 7 nitrogen and oxygen atoms in total. The summed E-state index contributed by atoms with van der Waals surface area (Å²) in [4.78, 5) is 44.6. The van der Waals surface area contributed by atoms with Gasteiger partial charge in [0.05, 0.1) is 17.5 Å². The second kappa shape index (κ2) is 10.5. The number of amides is 3. The molecule has 1 N–H and O–H groups in total. The fourth-order valence-corrected chi connectivity index (χ4v) is 5.95. The van der Waals surface area contributed by atoms with E-state index in [9.17, 15) is 14.4 Å². The van der Waals surface area contributed by atoms with Gasteiger partial charge in [-0.1, -0.05) is 54.6 Å². The molecule has 192 valence electrons. The van der Waals surface area contributed by atoms with Crippen molar-refractivity contribution in [2.24, 2.45) is 0 Å². The Morgan fingerprint density at radius 1 is 0.973 bits per heavy atom. The van der Waals surface area contributed by atoms with Crippen LogP contribution in [0.1, 0.15) is 57.0 Å². The highest BCUT2D eigenvalue weighted by Crippen LogP contribution is 2.39. The fraction of sp³-hybridized carbons (Fsp3) is 0.345. The molecule has 8 heteroatoms. The molecule has 2 atom stereocenters. The van der Waals surface area contributed by atoms with Crippen molar-refractivity contribution < 1.29 is 19.1 Å². The van der Waals surface area contributed by atoms with Crippen LogP contribution in [0.4, 0.5) is 0 Å². The Balaban J connectivity index is 1.40. The molecule has 2 aliphatic heterocycles. The molecule has 0 radical (unpaired) electrons. The molecule has 2 unspecified atom stereocenters. The Morgan fingerprint density at radius 2 is 1.68 bits per heavy atom. The van der Waals surface area contributed by atoms with Crippen molar-refractivity contribution in [3.05, 3.63) is 93.7 Å². The molecular weight excluding hydrogens is 486 g/mol. The summed E-state index contributed by atoms with van der Waals surface area (Å²) in [7, 11) is 0. The maximum absolute atomic E-state index is 14.0. The highest BCUT2D eigenvalue weighted by Gasteiger charge is 2.54. The fourth-order valence-electron chi connectivity index (χ4n) is 5.26. The molecule has 2 fully saturated rings. The number of carbonyl (C=O) groups is 3. The van der Waals surface area contributed by atoms with Gasteiger partial charge in [0.25, 0.3) is 11.8 Å². The molecule has 0 saturated carbocycles. The maximum Gasteiger partial charge on any atom is 0.263 e. The van der Waals surface area contributed by atoms with Crippen LogP contribution < -0.4 is 5.32 Å². The molecular formula is C29H31N3O4S. The van der Waals surface area contributed by atoms with Gasteiger partial charge in [-0.3, -0.25) is 19.3 Å². The standard InChI is InChI=1S/C29H31N3O4S/c1-20-9-6-7-12-23(20)27(34)32-24(26(33)30-21(2)22-10-4-3-5-11-22)19-36-29(32)14-16-31(17-15-29)28(35)25-13-8-18-37-25/h3-13,18,21,24H,14-17,19H2,1-2H3,(H,30,33). The summed E-state index contributed by atoms with van der Waals surface area (Å²) in [5, 5.41) is 4.97. The number of likely N-dealkylation sites (tertiary alicyclic amines) is 1. The predicted octanol–water partition coefficient (Wildman–Crippen LogP) is 4.41. The van der Waals surface area contributed by atoms with E-state index >= 15 is 0 Å². The number of aryl methyl sites for hydroxylation is 1. The molecule has 2 saturated heterocycles. The van der Waals surface area contributed by atoms with Crippen molar-refractivity contribution in [2.45, 2.75) is 44.5 Å². The van der Waals surface area contributed by atoms with Crippen LogP contribution in [0.5, 0.6) is 0 Å². The van der Waals surface area contributed by atoms with Gasteiger partial charge in [-0.2, -0.15) is 0 Å². The highest BCUT2D eigenvalue weighted by molar-refractivity contribution is 7.12. The average molecular weight is 518 g/mol. The molecule has 3 aromatic rings. The van der Waals surface area contributed by atoms with E-state index in [1.54, 1.807) is 11.0 Å². The number of benzene rings is 2. The molecule has 0 bridgehead atoms. The predicted molar refractivity (Wildman–Crippen MR) is 142 cm³/mol. The second-order valence-corrected chi connectivity index (χ2v) is 10.6. The topological polar surface area (TPSA) is 79.0 Å². The number of hydrogen-bond acceptors (Lipinski definition) is 5. The van der Waals surface area contributed by atoms with Crippen LogP contribution in [0, 0.1) is 6.92 Å². The lowest BCUT2D eigenvalue weighted by molar-refractivity contribution is -0.128. The molecule has 3 heterocycles. The largest absolute Gasteiger partial charge is 0.353 e. The van der Waals surface area contributed by atoms with E-state index in [0.717, 1.165) is 11.1 Å². The van der Waals surface area contributed by atoms with E-state index in [1.165, 1.54) is 11.3 Å². The van der Waals surface area contributed by atoms with Gasteiger partial charge in [0.15, 0.2) is 0 Å². The minimum atomic E-state index is -0.941. The van der Waals surface area contributed by atoms with Gasteiger partial charge in [0.2, 0.25) is 5.91 Å². The van der Waals surface area contributed by atoms with Gasteiger partial charge in [0.1, 0.15) is 11.8 Å². The van der Waals surface area contributed by atoms with Crippen LogP contribution in [0.25, 0.3) is 0 Å². The molecule has 1 aromatic heterocycles. The third kappa shape index (κ3) is 4.91. The summed E-state index contributed by atoms with van der Waals surface area (Å²) in [6.07, 6.45) is 0.888. The normalized spacial score (nSPS) is 19.6. The summed E-state index contributed by atoms with van der Waals surface area (Å²) < 4.78 is 6.33. The average Bonchev–Trinajstić information content (AvgIpc) is 3.58. The van der Waals surface area contributed by atoms with Gasteiger partial charge in [-0.15, -0.1) is 11.3 Å². The van der Waals surface area contributed by atoms with Crippen molar-refractivity contribution in [1.29, 1.82) is 0 Å². The van der Waals surface area contributed by atoms with E-state index in [2.05, 4.69) is 5.32 Å². The van der Waals surface area contributed by atoms with Gasteiger partial charge in [0, 0.05) is 31.5 Å². The number of piperidine rings is 1. The van der Waals surface area contributed by atoms with Gasteiger partial charge >= 0.3 is 0 Å². The summed E-state index contributed by atoms with van der Waals surface area (Å²) in [6, 6.07) is 19.9. The monoisotopic (exact) mass is 517 g/mol. The number of thiophene rings is 1. The molecule has 37 heavy (non-hydrogen) atoms. The molecule has 1 spiro atoms. The van der Waals surface area contributed by atoms with E-state index in [-0.39, 0.29) is 30.4 Å². The number of carbonyl (C=O) groups excluding carboxylic acids is 3. The highest BCUT2D eigenvalue weighted by atomic mass is 32.1. The Hall–Kier alpha value is -3.49. The van der Waals surface area contributed by atoms with Crippen molar-refractivity contribution >= 4 is 29.1 Å². The van der Waals surface area contributed by atoms with Crippen molar-refractivity contribution in [3.63, 3.8) is 0 Å². The van der Waals surface area contributed by atoms with Crippen LogP contribution in [0.15, 0.2) is 72.1 Å². The van der Waals surface area contributed by atoms with Crippen molar-refractivity contribution in [1.82, 2.24) is 15.1 Å². The lowest BCUT2D eigenvalue weighted by Crippen LogP contribution is -2.60. The molecule has 5 rings (SSSR count). The Kier molecular flexibility index (Phi) is 7.13. The molecule has 2 aliphatic rings. The van der Waals surface area contributed by atoms with Crippen LogP contribution in [0.3, 0.4) is 0 Å². The molecule has 3 amide bonds. The van der Waals surface area contributed by atoms with Crippen LogP contribution in [-0.4, -0.2) is 59.0 Å². The van der Waals surface area contributed by atoms with Crippen LogP contribution in [0.2, 0.25) is 0 Å². The Morgan fingerprint density at radius 3 is 2.35 bits per heavy atom. The van der Waals surface area contributed by atoms with E-state index in [1.807, 2.05) is 84.8 Å². The second-order valence-electron chi connectivity index (χ2n) is 9.67. The summed E-state index contributed by atoms with van der Waals surface area (Å²) in [6.45, 7) is 4.84. The first-order chi connectivity index (χ1) is 17.9. The zero-order chi connectivity index (χ0) is 26.0. The quantitative estimate of drug-likeness (QED) is 0.544. The third-order valence-corrected chi connectivity index (χ3v) is 8.24. The van der Waals surface area contributed by atoms with Gasteiger partial charge in [-0.25, -0.2) is 0 Å². The SMILES string of the molecule is Cc1ccccc1C(=O)N1C(C(=O)NC(C)c2ccccc2)COC12CCN(C(=O)c1cccs1)CC2. The zero-order valence-electron chi connectivity index (χ0n) is 21.1. The zero-order valence-corrected chi connectivity index (χ0v) is 21.9. The summed E-state index contributed by atoms with van der Waals surface area (Å²) in [5.41, 5.74) is 1.44. The summed E-state index contributed by atoms with van der Waals surface area (Å²) >= 11 is 1.42. The van der Waals surface area contributed by atoms with Crippen molar-refractivity contribution in [3.8, 4) is 0 Å². The summed E-state index contributed by atoms with van der Waals surface area (Å²) in [5.74, 6) is -0.473.